The molecular weight excluding hydrogens is 390 g/mol. The van der Waals surface area contributed by atoms with Crippen LogP contribution >= 0.6 is 0 Å². The molecule has 158 valence electrons. The van der Waals surface area contributed by atoms with Gasteiger partial charge in [0.15, 0.2) is 4.90 Å². The Balaban J connectivity index is 1.46. The number of rotatable bonds is 5. The van der Waals surface area contributed by atoms with E-state index in [9.17, 15) is 9.35 Å². The smallest absolute Gasteiger partial charge is 0.410 e. The van der Waals surface area contributed by atoms with Crippen LogP contribution in [0.5, 0.6) is 0 Å². The molecule has 1 amide bonds. The number of carbonyl (C=O) groups excluding carboxylic acids is 1. The third kappa shape index (κ3) is 6.21. The maximum absolute atomic E-state index is 12.1. The van der Waals surface area contributed by atoms with Crippen molar-refractivity contribution in [3.05, 3.63) is 30.2 Å². The Morgan fingerprint density at radius 2 is 1.93 bits per heavy atom. The summed E-state index contributed by atoms with van der Waals surface area (Å²) >= 11 is -1.00. The van der Waals surface area contributed by atoms with E-state index in [1.54, 1.807) is 11.2 Å². The molecule has 1 atom stereocenters. The number of aromatic nitrogens is 2. The SMILES string of the molecule is C[S+]([O-])c1ccc(-c2noc(CCC3CCN(C(=O)OC(C)(C)C)CC3)n2)cc1. The third-order valence-corrected chi connectivity index (χ3v) is 5.88. The lowest BCUT2D eigenvalue weighted by molar-refractivity contribution is 0.0180. The number of piperidine rings is 1. The first-order chi connectivity index (χ1) is 13.7. The van der Waals surface area contributed by atoms with E-state index in [1.165, 1.54) is 0 Å². The molecule has 1 aromatic carbocycles. The number of nitrogens with zero attached hydrogens (tertiary/aromatic N) is 3. The number of ether oxygens (including phenoxy) is 1. The van der Waals surface area contributed by atoms with Crippen molar-refractivity contribution in [1.82, 2.24) is 15.0 Å². The van der Waals surface area contributed by atoms with Gasteiger partial charge in [0.05, 0.1) is 0 Å². The predicted molar refractivity (Wildman–Crippen MR) is 111 cm³/mol. The Morgan fingerprint density at radius 1 is 1.28 bits per heavy atom. The zero-order valence-electron chi connectivity index (χ0n) is 17.5. The van der Waals surface area contributed by atoms with Gasteiger partial charge in [-0.1, -0.05) is 5.16 Å². The fraction of sp³-hybridized carbons (Fsp3) is 0.571. The van der Waals surface area contributed by atoms with Crippen LogP contribution in [0.1, 0.15) is 45.9 Å². The Kier molecular flexibility index (Phi) is 6.85. The number of carbonyl (C=O) groups is 1. The van der Waals surface area contributed by atoms with E-state index in [0.717, 1.165) is 49.2 Å². The van der Waals surface area contributed by atoms with E-state index >= 15 is 0 Å². The second kappa shape index (κ2) is 9.17. The van der Waals surface area contributed by atoms with Crippen molar-refractivity contribution in [3.8, 4) is 11.4 Å². The van der Waals surface area contributed by atoms with Gasteiger partial charge in [0.25, 0.3) is 0 Å². The summed E-state index contributed by atoms with van der Waals surface area (Å²) in [4.78, 5) is 19.2. The predicted octanol–water partition coefficient (Wildman–Crippen LogP) is 4.05. The van der Waals surface area contributed by atoms with E-state index in [2.05, 4.69) is 10.1 Å². The lowest BCUT2D eigenvalue weighted by Crippen LogP contribution is -2.41. The van der Waals surface area contributed by atoms with Gasteiger partial charge in [-0.05, 0) is 81.4 Å². The highest BCUT2D eigenvalue weighted by Gasteiger charge is 2.27. The average Bonchev–Trinajstić information content (AvgIpc) is 3.14. The summed E-state index contributed by atoms with van der Waals surface area (Å²) < 4.78 is 22.3. The Morgan fingerprint density at radius 3 is 2.52 bits per heavy atom. The largest absolute Gasteiger partial charge is 0.612 e. The molecular formula is C21H29N3O4S. The summed E-state index contributed by atoms with van der Waals surface area (Å²) in [5.41, 5.74) is 0.386. The lowest BCUT2D eigenvalue weighted by Gasteiger charge is -2.33. The van der Waals surface area contributed by atoms with Gasteiger partial charge in [-0.15, -0.1) is 0 Å². The molecule has 0 N–H and O–H groups in total. The molecule has 8 heteroatoms. The number of hydrogen-bond donors (Lipinski definition) is 0. The fourth-order valence-electron chi connectivity index (χ4n) is 3.33. The summed E-state index contributed by atoms with van der Waals surface area (Å²) in [7, 11) is 0. The van der Waals surface area contributed by atoms with E-state index < -0.39 is 16.8 Å². The third-order valence-electron chi connectivity index (χ3n) is 4.95. The number of likely N-dealkylation sites (tertiary alicyclic amines) is 1. The highest BCUT2D eigenvalue weighted by molar-refractivity contribution is 7.90. The number of aryl methyl sites for hydroxylation is 1. The zero-order valence-corrected chi connectivity index (χ0v) is 18.3. The van der Waals surface area contributed by atoms with Crippen molar-refractivity contribution < 1.29 is 18.6 Å². The number of hydrogen-bond acceptors (Lipinski definition) is 6. The van der Waals surface area contributed by atoms with Crippen LogP contribution < -0.4 is 0 Å². The normalized spacial score (nSPS) is 16.7. The van der Waals surface area contributed by atoms with Gasteiger partial charge in [0, 0.05) is 25.1 Å². The second-order valence-electron chi connectivity index (χ2n) is 8.44. The van der Waals surface area contributed by atoms with Crippen molar-refractivity contribution in [2.24, 2.45) is 5.92 Å². The van der Waals surface area contributed by atoms with Gasteiger partial charge in [0.1, 0.15) is 11.9 Å². The molecule has 29 heavy (non-hydrogen) atoms. The Hall–Kier alpha value is -2.06. The number of amides is 1. The van der Waals surface area contributed by atoms with Gasteiger partial charge >= 0.3 is 6.09 Å². The van der Waals surface area contributed by atoms with Crippen molar-refractivity contribution >= 4 is 17.3 Å². The van der Waals surface area contributed by atoms with Gasteiger partial charge in [-0.2, -0.15) is 4.98 Å². The molecule has 1 aliphatic heterocycles. The van der Waals surface area contributed by atoms with Crippen molar-refractivity contribution in [3.63, 3.8) is 0 Å². The van der Waals surface area contributed by atoms with Crippen LogP contribution in [0.4, 0.5) is 4.79 Å². The molecule has 0 bridgehead atoms. The van der Waals surface area contributed by atoms with Crippen molar-refractivity contribution in [1.29, 1.82) is 0 Å². The maximum Gasteiger partial charge on any atom is 0.410 e. The Labute approximate surface area is 175 Å². The molecule has 1 aliphatic rings. The molecule has 1 fully saturated rings. The molecule has 0 radical (unpaired) electrons. The zero-order chi connectivity index (χ0) is 21.0. The minimum atomic E-state index is -1.00. The monoisotopic (exact) mass is 419 g/mol. The highest BCUT2D eigenvalue weighted by atomic mass is 32.2. The van der Waals surface area contributed by atoms with Gasteiger partial charge < -0.3 is 18.7 Å². The quantitative estimate of drug-likeness (QED) is 0.679. The topological polar surface area (TPSA) is 91.5 Å². The summed E-state index contributed by atoms with van der Waals surface area (Å²) in [6, 6.07) is 7.36. The molecule has 3 rings (SSSR count). The fourth-order valence-corrected chi connectivity index (χ4v) is 3.85. The van der Waals surface area contributed by atoms with E-state index in [-0.39, 0.29) is 6.09 Å². The van der Waals surface area contributed by atoms with Crippen molar-refractivity contribution in [2.45, 2.75) is 57.0 Å². The maximum atomic E-state index is 12.1. The van der Waals surface area contributed by atoms with Crippen LogP contribution in [0.15, 0.2) is 33.7 Å². The van der Waals surface area contributed by atoms with Crippen LogP contribution in [-0.4, -0.2) is 50.6 Å². The first-order valence-electron chi connectivity index (χ1n) is 9.95. The lowest BCUT2D eigenvalue weighted by atomic mass is 9.92. The molecule has 1 unspecified atom stereocenters. The molecule has 2 aromatic rings. The standard InChI is InChI=1S/C21H29N3O4S/c1-21(2,3)27-20(25)24-13-11-15(12-14-24)5-10-18-22-19(23-28-18)16-6-8-17(9-7-16)29(4)26/h6-9,15H,5,10-14H2,1-4H3. The Bertz CT molecular complexity index is 806. The molecule has 0 spiro atoms. The van der Waals surface area contributed by atoms with Crippen LogP contribution in [0.3, 0.4) is 0 Å². The van der Waals surface area contributed by atoms with Crippen LogP contribution in [0.25, 0.3) is 11.4 Å². The van der Waals surface area contributed by atoms with Gasteiger partial charge in [-0.3, -0.25) is 0 Å². The molecule has 1 aromatic heterocycles. The second-order valence-corrected chi connectivity index (χ2v) is 9.82. The minimum Gasteiger partial charge on any atom is -0.612 e. The first kappa shape index (κ1) is 21.6. The van der Waals surface area contributed by atoms with Crippen molar-refractivity contribution in [2.75, 3.05) is 19.3 Å². The minimum absolute atomic E-state index is 0.226. The summed E-state index contributed by atoms with van der Waals surface area (Å²) in [5, 5.41) is 4.06. The van der Waals surface area contributed by atoms with E-state index in [1.807, 2.05) is 45.0 Å². The van der Waals surface area contributed by atoms with Crippen LogP contribution in [0.2, 0.25) is 0 Å². The average molecular weight is 420 g/mol. The van der Waals surface area contributed by atoms with Gasteiger partial charge in [0.2, 0.25) is 11.7 Å². The van der Waals surface area contributed by atoms with E-state index in [4.69, 9.17) is 9.26 Å². The molecule has 7 nitrogen and oxygen atoms in total. The first-order valence-corrected chi connectivity index (χ1v) is 11.5. The molecule has 0 aliphatic carbocycles. The number of benzene rings is 1. The summed E-state index contributed by atoms with van der Waals surface area (Å²) in [5.74, 6) is 1.70. The molecule has 1 saturated heterocycles. The molecule has 0 saturated carbocycles. The van der Waals surface area contributed by atoms with Crippen LogP contribution in [-0.2, 0) is 22.3 Å². The summed E-state index contributed by atoms with van der Waals surface area (Å²) in [6.07, 6.45) is 5.01. The summed E-state index contributed by atoms with van der Waals surface area (Å²) in [6.45, 7) is 7.10. The van der Waals surface area contributed by atoms with Gasteiger partial charge in [-0.25, -0.2) is 4.79 Å². The van der Waals surface area contributed by atoms with Crippen LogP contribution in [0, 0.1) is 5.92 Å². The highest BCUT2D eigenvalue weighted by Crippen LogP contribution is 2.24. The van der Waals surface area contributed by atoms with E-state index in [0.29, 0.717) is 17.6 Å². The molecule has 2 heterocycles.